The van der Waals surface area contributed by atoms with Crippen molar-refractivity contribution >= 4 is 12.2 Å². The summed E-state index contributed by atoms with van der Waals surface area (Å²) in [7, 11) is 0. The third kappa shape index (κ3) is 2.17. The molecule has 0 unspecified atom stereocenters. The SMILES string of the molecule is C[C@H]1CCc2c(-c3ccccc3)[nH]c(=S)c(C#N)c2C1. The van der Waals surface area contributed by atoms with E-state index in [9.17, 15) is 5.26 Å². The van der Waals surface area contributed by atoms with Crippen LogP contribution in [-0.4, -0.2) is 4.98 Å². The lowest BCUT2D eigenvalue weighted by molar-refractivity contribution is 0.500. The molecule has 2 nitrogen and oxygen atoms in total. The van der Waals surface area contributed by atoms with Crippen LogP contribution >= 0.6 is 12.2 Å². The number of H-pyrrole nitrogens is 1. The first-order chi connectivity index (χ1) is 9.70. The van der Waals surface area contributed by atoms with Crippen molar-refractivity contribution in [3.05, 3.63) is 51.7 Å². The van der Waals surface area contributed by atoms with Gasteiger partial charge < -0.3 is 4.98 Å². The van der Waals surface area contributed by atoms with E-state index in [2.05, 4.69) is 30.1 Å². The van der Waals surface area contributed by atoms with E-state index in [0.29, 0.717) is 16.1 Å². The maximum absolute atomic E-state index is 9.39. The van der Waals surface area contributed by atoms with Crippen molar-refractivity contribution < 1.29 is 0 Å². The quantitative estimate of drug-likeness (QED) is 0.786. The molecule has 100 valence electrons. The number of hydrogen-bond acceptors (Lipinski definition) is 2. The van der Waals surface area contributed by atoms with Crippen molar-refractivity contribution in [1.82, 2.24) is 4.98 Å². The van der Waals surface area contributed by atoms with Gasteiger partial charge in [0, 0.05) is 5.69 Å². The zero-order valence-corrected chi connectivity index (χ0v) is 12.3. The molecule has 1 atom stereocenters. The van der Waals surface area contributed by atoms with E-state index in [4.69, 9.17) is 12.2 Å². The number of rotatable bonds is 1. The second-order valence-corrected chi connectivity index (χ2v) is 5.90. The van der Waals surface area contributed by atoms with Gasteiger partial charge in [0.25, 0.3) is 0 Å². The number of pyridine rings is 1. The van der Waals surface area contributed by atoms with Crippen LogP contribution in [0.3, 0.4) is 0 Å². The molecule has 1 N–H and O–H groups in total. The summed E-state index contributed by atoms with van der Waals surface area (Å²) in [6.07, 6.45) is 3.14. The lowest BCUT2D eigenvalue weighted by Crippen LogP contribution is -2.15. The summed E-state index contributed by atoms with van der Waals surface area (Å²) in [5.41, 5.74) is 5.35. The second kappa shape index (κ2) is 5.22. The Bertz CT molecular complexity index is 738. The molecule has 1 aromatic heterocycles. The molecule has 1 aromatic carbocycles. The van der Waals surface area contributed by atoms with Crippen LogP contribution in [0.25, 0.3) is 11.3 Å². The van der Waals surface area contributed by atoms with Gasteiger partial charge in [-0.25, -0.2) is 0 Å². The van der Waals surface area contributed by atoms with Gasteiger partial charge in [-0.1, -0.05) is 49.5 Å². The van der Waals surface area contributed by atoms with Crippen molar-refractivity contribution in [2.45, 2.75) is 26.2 Å². The van der Waals surface area contributed by atoms with Crippen LogP contribution < -0.4 is 0 Å². The average molecular weight is 280 g/mol. The van der Waals surface area contributed by atoms with Gasteiger partial charge in [-0.05, 0) is 41.9 Å². The summed E-state index contributed by atoms with van der Waals surface area (Å²) in [6.45, 7) is 2.24. The fourth-order valence-corrected chi connectivity index (χ4v) is 3.27. The molecular weight excluding hydrogens is 264 g/mol. The molecule has 1 aliphatic carbocycles. The van der Waals surface area contributed by atoms with E-state index in [-0.39, 0.29) is 0 Å². The van der Waals surface area contributed by atoms with Gasteiger partial charge in [0.05, 0.1) is 5.56 Å². The first-order valence-electron chi connectivity index (χ1n) is 6.94. The predicted octanol–water partition coefficient (Wildman–Crippen LogP) is 4.41. The number of fused-ring (bicyclic) bond motifs is 1. The first-order valence-corrected chi connectivity index (χ1v) is 7.35. The molecule has 0 spiro atoms. The Morgan fingerprint density at radius 1 is 1.25 bits per heavy atom. The highest BCUT2D eigenvalue weighted by Gasteiger charge is 2.23. The van der Waals surface area contributed by atoms with E-state index in [1.54, 1.807) is 0 Å². The minimum absolute atomic E-state index is 0.569. The van der Waals surface area contributed by atoms with Gasteiger partial charge in [-0.2, -0.15) is 5.26 Å². The summed E-state index contributed by atoms with van der Waals surface area (Å²) >= 11 is 5.38. The highest BCUT2D eigenvalue weighted by atomic mass is 32.1. The van der Waals surface area contributed by atoms with Gasteiger partial charge in [0.15, 0.2) is 0 Å². The summed E-state index contributed by atoms with van der Waals surface area (Å²) in [5, 5.41) is 9.39. The van der Waals surface area contributed by atoms with Crippen LogP contribution in [0.1, 0.15) is 30.0 Å². The molecule has 0 saturated heterocycles. The summed E-state index contributed by atoms with van der Waals surface area (Å²) < 4.78 is 0.569. The number of nitrogens with zero attached hydrogens (tertiary/aromatic N) is 1. The molecule has 0 aliphatic heterocycles. The van der Waals surface area contributed by atoms with Gasteiger partial charge in [0.2, 0.25) is 0 Å². The van der Waals surface area contributed by atoms with Crippen LogP contribution in [0.4, 0.5) is 0 Å². The molecule has 1 aliphatic rings. The number of nitrogens with one attached hydrogen (secondary N) is 1. The zero-order valence-electron chi connectivity index (χ0n) is 11.4. The van der Waals surface area contributed by atoms with Crippen molar-refractivity contribution in [2.75, 3.05) is 0 Å². The smallest absolute Gasteiger partial charge is 0.121 e. The Hall–Kier alpha value is -1.92. The minimum atomic E-state index is 0.569. The molecule has 3 heteroatoms. The van der Waals surface area contributed by atoms with Crippen LogP contribution in [0.15, 0.2) is 30.3 Å². The molecule has 1 heterocycles. The molecule has 3 rings (SSSR count). The third-order valence-corrected chi connectivity index (χ3v) is 4.35. The zero-order chi connectivity index (χ0) is 14.1. The number of hydrogen-bond donors (Lipinski definition) is 1. The molecule has 0 radical (unpaired) electrons. The topological polar surface area (TPSA) is 39.6 Å². The van der Waals surface area contributed by atoms with E-state index in [1.807, 2.05) is 18.2 Å². The van der Waals surface area contributed by atoms with Crippen molar-refractivity contribution in [3.8, 4) is 17.3 Å². The summed E-state index contributed by atoms with van der Waals surface area (Å²) in [6, 6.07) is 12.5. The maximum atomic E-state index is 9.39. The third-order valence-electron chi connectivity index (χ3n) is 4.05. The Balaban J connectivity index is 2.28. The fourth-order valence-electron chi connectivity index (χ4n) is 3.00. The highest BCUT2D eigenvalue weighted by Crippen LogP contribution is 2.34. The Kier molecular flexibility index (Phi) is 3.42. The second-order valence-electron chi connectivity index (χ2n) is 5.49. The van der Waals surface area contributed by atoms with E-state index < -0.39 is 0 Å². The molecule has 0 saturated carbocycles. The average Bonchev–Trinajstić information content (AvgIpc) is 2.47. The standard InChI is InChI=1S/C17H16N2S/c1-11-7-8-13-14(9-11)15(10-18)17(20)19-16(13)12-5-3-2-4-6-12/h2-6,11H,7-9H2,1H3,(H,19,20)/t11-/m0/s1. The van der Waals surface area contributed by atoms with Crippen LogP contribution in [0.5, 0.6) is 0 Å². The van der Waals surface area contributed by atoms with E-state index in [0.717, 1.165) is 29.7 Å². The van der Waals surface area contributed by atoms with Gasteiger partial charge >= 0.3 is 0 Å². The van der Waals surface area contributed by atoms with Gasteiger partial charge in [0.1, 0.15) is 10.7 Å². The van der Waals surface area contributed by atoms with Crippen LogP contribution in [-0.2, 0) is 12.8 Å². The van der Waals surface area contributed by atoms with Crippen LogP contribution in [0, 0.1) is 21.9 Å². The van der Waals surface area contributed by atoms with Crippen molar-refractivity contribution in [1.29, 1.82) is 5.26 Å². The van der Waals surface area contributed by atoms with E-state index in [1.165, 1.54) is 12.0 Å². The highest BCUT2D eigenvalue weighted by molar-refractivity contribution is 7.71. The normalized spacial score (nSPS) is 17.3. The molecule has 0 bridgehead atoms. The van der Waals surface area contributed by atoms with Gasteiger partial charge in [-0.15, -0.1) is 0 Å². The summed E-state index contributed by atoms with van der Waals surface area (Å²) in [5.74, 6) is 0.620. The summed E-state index contributed by atoms with van der Waals surface area (Å²) in [4.78, 5) is 3.28. The number of aromatic nitrogens is 1. The molecular formula is C17H16N2S. The number of aromatic amines is 1. The molecule has 0 fully saturated rings. The first kappa shape index (κ1) is 13.1. The largest absolute Gasteiger partial charge is 0.345 e. The lowest BCUT2D eigenvalue weighted by Gasteiger charge is -2.25. The Morgan fingerprint density at radius 3 is 2.70 bits per heavy atom. The molecule has 20 heavy (non-hydrogen) atoms. The minimum Gasteiger partial charge on any atom is -0.345 e. The Morgan fingerprint density at radius 2 is 2.00 bits per heavy atom. The van der Waals surface area contributed by atoms with Crippen molar-refractivity contribution in [3.63, 3.8) is 0 Å². The molecule has 0 amide bonds. The number of nitriles is 1. The van der Waals surface area contributed by atoms with Crippen LogP contribution in [0.2, 0.25) is 0 Å². The monoisotopic (exact) mass is 280 g/mol. The van der Waals surface area contributed by atoms with Crippen molar-refractivity contribution in [2.24, 2.45) is 5.92 Å². The maximum Gasteiger partial charge on any atom is 0.121 e. The Labute approximate surface area is 124 Å². The lowest BCUT2D eigenvalue weighted by atomic mass is 9.81. The number of benzene rings is 1. The molecule has 2 aromatic rings. The van der Waals surface area contributed by atoms with Gasteiger partial charge in [-0.3, -0.25) is 0 Å². The van der Waals surface area contributed by atoms with E-state index >= 15 is 0 Å². The predicted molar refractivity (Wildman–Crippen MR) is 83.0 cm³/mol. The fraction of sp³-hybridized carbons (Fsp3) is 0.294.